The van der Waals surface area contributed by atoms with Crippen LogP contribution in [0.5, 0.6) is 0 Å². The number of piperidine rings is 1. The van der Waals surface area contributed by atoms with Crippen LogP contribution in [-0.4, -0.2) is 35.3 Å². The van der Waals surface area contributed by atoms with E-state index >= 15 is 0 Å². The summed E-state index contributed by atoms with van der Waals surface area (Å²) in [4.78, 5) is 19.0. The number of amides is 1. The summed E-state index contributed by atoms with van der Waals surface area (Å²) in [6.07, 6.45) is 1.73. The molecule has 0 radical (unpaired) electrons. The number of benzene rings is 1. The fourth-order valence-corrected chi connectivity index (χ4v) is 3.77. The molecule has 3 rings (SSSR count). The van der Waals surface area contributed by atoms with E-state index in [0.29, 0.717) is 29.6 Å². The first-order valence-electron chi connectivity index (χ1n) is 9.39. The van der Waals surface area contributed by atoms with Crippen LogP contribution < -0.4 is 14.9 Å². The fraction of sp³-hybridized carbons (Fsp3) is 0.579. The van der Waals surface area contributed by atoms with Crippen molar-refractivity contribution in [3.05, 3.63) is 17.9 Å². The monoisotopic (exact) mass is 361 g/mol. The van der Waals surface area contributed by atoms with Gasteiger partial charge in [0.15, 0.2) is 0 Å². The number of carbonyl (C=O) groups excluding carboxylic acids is 1. The number of hydrogen-bond donors (Lipinski definition) is 0. The Labute approximate surface area is 153 Å². The van der Waals surface area contributed by atoms with Gasteiger partial charge in [-0.05, 0) is 38.2 Å². The van der Waals surface area contributed by atoms with E-state index in [9.17, 15) is 14.3 Å². The number of halogens is 1. The Morgan fingerprint density at radius 2 is 2.19 bits per heavy atom. The van der Waals surface area contributed by atoms with E-state index in [1.807, 2.05) is 17.6 Å². The molecule has 1 aromatic heterocycles. The van der Waals surface area contributed by atoms with Crippen molar-refractivity contribution in [1.82, 2.24) is 9.55 Å². The molecule has 0 N–H and O–H groups in total. The lowest BCUT2D eigenvalue weighted by atomic mass is 9.99. The van der Waals surface area contributed by atoms with Crippen molar-refractivity contribution in [3.63, 3.8) is 0 Å². The van der Waals surface area contributed by atoms with Crippen LogP contribution in [-0.2, 0) is 6.54 Å². The summed E-state index contributed by atoms with van der Waals surface area (Å²) in [5.74, 6) is 0.521. The lowest BCUT2D eigenvalue weighted by Gasteiger charge is -2.33. The minimum atomic E-state index is -1.30. The van der Waals surface area contributed by atoms with Gasteiger partial charge >= 0.3 is 0 Å². The molecule has 142 valence electrons. The summed E-state index contributed by atoms with van der Waals surface area (Å²) in [6.45, 7) is 8.43. The zero-order valence-corrected chi connectivity index (χ0v) is 15.7. The predicted octanol–water partition coefficient (Wildman–Crippen LogP) is 2.99. The summed E-state index contributed by atoms with van der Waals surface area (Å²) in [7, 11) is 0. The molecule has 6 nitrogen and oxygen atoms in total. The quantitative estimate of drug-likeness (QED) is 0.821. The normalized spacial score (nSPS) is 17.7. The van der Waals surface area contributed by atoms with Gasteiger partial charge in [0.1, 0.15) is 11.9 Å². The van der Waals surface area contributed by atoms with E-state index < -0.39 is 6.09 Å². The van der Waals surface area contributed by atoms with Crippen molar-refractivity contribution in [1.29, 1.82) is 0 Å². The first-order valence-corrected chi connectivity index (χ1v) is 9.39. The molecule has 1 aromatic carbocycles. The number of hydrogen-bond acceptors (Lipinski definition) is 4. The summed E-state index contributed by atoms with van der Waals surface area (Å²) >= 11 is 0. The number of aryl methyl sites for hydroxylation is 1. The van der Waals surface area contributed by atoms with Crippen molar-refractivity contribution < 1.29 is 14.3 Å². The van der Waals surface area contributed by atoms with Crippen molar-refractivity contribution in [2.75, 3.05) is 29.4 Å². The number of nitrogens with zero attached hydrogens (tertiary/aromatic N) is 4. The first kappa shape index (κ1) is 18.5. The number of fused-ring (bicyclic) bond motifs is 1. The molecule has 2 aromatic rings. The standard InChI is InChI=1S/C19H27FN4O2/c1-4-8-24-17-11-16(22-9-6-7-13(3)12-22)14(20)10-15(17)21-18(24)23(5-2)19(25)26/h10-11,13H,4-9,12H2,1-3H3,(H,25,26)/p-1. The minimum absolute atomic E-state index is 0.231. The summed E-state index contributed by atoms with van der Waals surface area (Å²) in [6, 6.07) is 3.24. The van der Waals surface area contributed by atoms with E-state index in [1.165, 1.54) is 6.07 Å². The largest absolute Gasteiger partial charge is 0.530 e. The Hall–Kier alpha value is -2.31. The van der Waals surface area contributed by atoms with Gasteiger partial charge in [-0.2, -0.15) is 0 Å². The van der Waals surface area contributed by atoms with Gasteiger partial charge in [0, 0.05) is 32.2 Å². The Balaban J connectivity index is 2.12. The highest BCUT2D eigenvalue weighted by atomic mass is 19.1. The zero-order chi connectivity index (χ0) is 18.8. The van der Waals surface area contributed by atoms with Gasteiger partial charge < -0.3 is 19.4 Å². The van der Waals surface area contributed by atoms with E-state index in [0.717, 1.165) is 42.8 Å². The molecular formula is C19H26FN4O2-. The van der Waals surface area contributed by atoms with Crippen LogP contribution in [0, 0.1) is 11.7 Å². The molecule has 0 bridgehead atoms. The van der Waals surface area contributed by atoms with Crippen LogP contribution in [0.2, 0.25) is 0 Å². The van der Waals surface area contributed by atoms with Gasteiger partial charge in [-0.15, -0.1) is 0 Å². The third-order valence-electron chi connectivity index (χ3n) is 5.02. The topological polar surface area (TPSA) is 64.4 Å². The van der Waals surface area contributed by atoms with Crippen molar-refractivity contribution in [2.45, 2.75) is 46.6 Å². The Morgan fingerprint density at radius 1 is 1.42 bits per heavy atom. The lowest BCUT2D eigenvalue weighted by Crippen LogP contribution is -2.42. The van der Waals surface area contributed by atoms with Gasteiger partial charge in [-0.1, -0.05) is 13.8 Å². The van der Waals surface area contributed by atoms with Crippen LogP contribution in [0.25, 0.3) is 11.0 Å². The third-order valence-corrected chi connectivity index (χ3v) is 5.02. The first-order chi connectivity index (χ1) is 12.5. The van der Waals surface area contributed by atoms with Gasteiger partial charge in [0.2, 0.25) is 5.95 Å². The maximum absolute atomic E-state index is 14.8. The zero-order valence-electron chi connectivity index (χ0n) is 15.7. The molecule has 2 heterocycles. The Bertz CT molecular complexity index is 804. The molecule has 0 spiro atoms. The van der Waals surface area contributed by atoms with Gasteiger partial charge in [0.25, 0.3) is 0 Å². The molecular weight excluding hydrogens is 335 g/mol. The summed E-state index contributed by atoms with van der Waals surface area (Å²) < 4.78 is 16.6. The number of carbonyl (C=O) groups is 1. The second-order valence-electron chi connectivity index (χ2n) is 7.06. The van der Waals surface area contributed by atoms with E-state index in [2.05, 4.69) is 16.8 Å². The molecule has 1 atom stereocenters. The van der Waals surface area contributed by atoms with E-state index in [4.69, 9.17) is 0 Å². The van der Waals surface area contributed by atoms with Crippen LogP contribution in [0.15, 0.2) is 12.1 Å². The number of aromatic nitrogens is 2. The molecule has 1 saturated heterocycles. The second-order valence-corrected chi connectivity index (χ2v) is 7.06. The molecule has 1 aliphatic rings. The Kier molecular flexibility index (Phi) is 5.34. The van der Waals surface area contributed by atoms with Gasteiger partial charge in [-0.3, -0.25) is 4.90 Å². The SMILES string of the molecule is CCCn1c(N(CC)C(=O)[O-])nc2cc(F)c(N3CCCC(C)C3)cc21. The number of rotatable bonds is 5. The average molecular weight is 361 g/mol. The van der Waals surface area contributed by atoms with Crippen LogP contribution in [0.3, 0.4) is 0 Å². The summed E-state index contributed by atoms with van der Waals surface area (Å²) in [5.41, 5.74) is 1.81. The molecule has 0 saturated carbocycles. The van der Waals surface area contributed by atoms with E-state index in [-0.39, 0.29) is 12.4 Å². The van der Waals surface area contributed by atoms with Crippen LogP contribution >= 0.6 is 0 Å². The number of carboxylic acid groups (broad SMARTS) is 1. The smallest absolute Gasteiger partial charge is 0.212 e. The maximum Gasteiger partial charge on any atom is 0.212 e. The Morgan fingerprint density at radius 3 is 2.81 bits per heavy atom. The lowest BCUT2D eigenvalue weighted by molar-refractivity contribution is -0.246. The molecule has 0 aliphatic carbocycles. The molecule has 26 heavy (non-hydrogen) atoms. The van der Waals surface area contributed by atoms with Crippen LogP contribution in [0.1, 0.15) is 40.0 Å². The molecule has 1 aliphatic heterocycles. The summed E-state index contributed by atoms with van der Waals surface area (Å²) in [5, 5.41) is 11.5. The number of imidazole rings is 1. The average Bonchev–Trinajstić information content (AvgIpc) is 2.92. The highest BCUT2D eigenvalue weighted by Gasteiger charge is 2.23. The van der Waals surface area contributed by atoms with Crippen molar-refractivity contribution in [3.8, 4) is 0 Å². The maximum atomic E-state index is 14.8. The van der Waals surface area contributed by atoms with Gasteiger partial charge in [0.05, 0.1) is 16.7 Å². The van der Waals surface area contributed by atoms with Crippen molar-refractivity contribution >= 4 is 28.8 Å². The number of anilines is 2. The molecule has 1 unspecified atom stereocenters. The molecule has 1 amide bonds. The van der Waals surface area contributed by atoms with E-state index in [1.54, 1.807) is 6.92 Å². The molecule has 7 heteroatoms. The predicted molar refractivity (Wildman–Crippen MR) is 99.0 cm³/mol. The van der Waals surface area contributed by atoms with Crippen LogP contribution in [0.4, 0.5) is 20.8 Å². The fourth-order valence-electron chi connectivity index (χ4n) is 3.77. The second kappa shape index (κ2) is 7.51. The minimum Gasteiger partial charge on any atom is -0.530 e. The van der Waals surface area contributed by atoms with Gasteiger partial charge in [-0.25, -0.2) is 9.37 Å². The molecule has 1 fully saturated rings. The third kappa shape index (κ3) is 3.34. The highest BCUT2D eigenvalue weighted by molar-refractivity contribution is 5.88. The van der Waals surface area contributed by atoms with Crippen molar-refractivity contribution in [2.24, 2.45) is 5.92 Å². The highest BCUT2D eigenvalue weighted by Crippen LogP contribution is 2.32.